The van der Waals surface area contributed by atoms with Crippen LogP contribution in [0.5, 0.6) is 5.75 Å². The Labute approximate surface area is 168 Å². The van der Waals surface area contributed by atoms with Crippen molar-refractivity contribution < 1.29 is 9.53 Å². The van der Waals surface area contributed by atoms with Crippen molar-refractivity contribution in [1.82, 2.24) is 14.8 Å². The van der Waals surface area contributed by atoms with Crippen molar-refractivity contribution in [2.75, 3.05) is 18.5 Å². The third-order valence-corrected chi connectivity index (χ3v) is 4.25. The molecule has 0 saturated carbocycles. The number of nitrogens with one attached hydrogen (secondary N) is 1. The van der Waals surface area contributed by atoms with Crippen LogP contribution in [0.2, 0.25) is 5.02 Å². The van der Waals surface area contributed by atoms with Crippen LogP contribution in [-0.4, -0.2) is 33.8 Å². The molecule has 7 nitrogen and oxygen atoms in total. The molecule has 0 radical (unpaired) electrons. The largest absolute Gasteiger partial charge is 0.492 e. The Kier molecular flexibility index (Phi) is 6.28. The standard InChI is InChI=1S/C20H22ClN5O2/c1-13(2)19-24-18(25-26(19)17-6-4-3-5-16(17)21)20(27)23-14-7-9-15(10-8-14)28-12-11-22/h3-10,13H,11-12,22H2,1-2H3,(H,23,27). The van der Waals surface area contributed by atoms with E-state index in [1.807, 2.05) is 32.0 Å². The molecule has 0 aliphatic rings. The summed E-state index contributed by atoms with van der Waals surface area (Å²) in [4.78, 5) is 17.1. The highest BCUT2D eigenvalue weighted by Gasteiger charge is 2.20. The van der Waals surface area contributed by atoms with Crippen LogP contribution in [-0.2, 0) is 0 Å². The molecule has 8 heteroatoms. The fourth-order valence-corrected chi connectivity index (χ4v) is 2.81. The van der Waals surface area contributed by atoms with E-state index in [1.54, 1.807) is 35.0 Å². The molecular formula is C20H22ClN5O2. The number of aromatic nitrogens is 3. The van der Waals surface area contributed by atoms with Crippen LogP contribution < -0.4 is 15.8 Å². The second-order valence-electron chi connectivity index (χ2n) is 6.43. The molecule has 0 spiro atoms. The molecule has 2 aromatic carbocycles. The summed E-state index contributed by atoms with van der Waals surface area (Å²) < 4.78 is 7.04. The van der Waals surface area contributed by atoms with Gasteiger partial charge in [0.2, 0.25) is 5.82 Å². The van der Waals surface area contributed by atoms with Crippen molar-refractivity contribution in [1.29, 1.82) is 0 Å². The molecule has 3 aromatic rings. The van der Waals surface area contributed by atoms with E-state index < -0.39 is 5.91 Å². The topological polar surface area (TPSA) is 95.1 Å². The zero-order valence-electron chi connectivity index (χ0n) is 15.7. The van der Waals surface area contributed by atoms with Crippen molar-refractivity contribution in [2.24, 2.45) is 5.73 Å². The average Bonchev–Trinajstić information content (AvgIpc) is 3.13. The maximum Gasteiger partial charge on any atom is 0.295 e. The lowest BCUT2D eigenvalue weighted by Gasteiger charge is -2.09. The zero-order chi connectivity index (χ0) is 20.1. The molecule has 0 saturated heterocycles. The number of hydrogen-bond donors (Lipinski definition) is 2. The average molecular weight is 400 g/mol. The summed E-state index contributed by atoms with van der Waals surface area (Å²) >= 11 is 6.30. The predicted octanol–water partition coefficient (Wildman–Crippen LogP) is 3.63. The molecule has 0 unspecified atom stereocenters. The number of benzene rings is 2. The van der Waals surface area contributed by atoms with Gasteiger partial charge in [-0.2, -0.15) is 0 Å². The van der Waals surface area contributed by atoms with E-state index in [4.69, 9.17) is 22.1 Å². The van der Waals surface area contributed by atoms with Crippen molar-refractivity contribution in [3.63, 3.8) is 0 Å². The summed E-state index contributed by atoms with van der Waals surface area (Å²) in [5.74, 6) is 1.08. The normalized spacial score (nSPS) is 10.9. The van der Waals surface area contributed by atoms with Crippen LogP contribution in [0.1, 0.15) is 36.2 Å². The van der Waals surface area contributed by atoms with Gasteiger partial charge >= 0.3 is 0 Å². The quantitative estimate of drug-likeness (QED) is 0.632. The highest BCUT2D eigenvalue weighted by molar-refractivity contribution is 6.32. The van der Waals surface area contributed by atoms with Gasteiger partial charge in [-0.1, -0.05) is 37.6 Å². The number of para-hydroxylation sites is 1. The molecule has 3 N–H and O–H groups in total. The van der Waals surface area contributed by atoms with Crippen molar-refractivity contribution in [3.8, 4) is 11.4 Å². The van der Waals surface area contributed by atoms with Crippen LogP contribution in [0.3, 0.4) is 0 Å². The van der Waals surface area contributed by atoms with E-state index in [1.165, 1.54) is 0 Å². The minimum atomic E-state index is -0.400. The van der Waals surface area contributed by atoms with Crippen LogP contribution >= 0.6 is 11.6 Å². The number of halogens is 1. The van der Waals surface area contributed by atoms with Gasteiger partial charge in [0.1, 0.15) is 18.2 Å². The van der Waals surface area contributed by atoms with Crippen LogP contribution in [0.4, 0.5) is 5.69 Å². The van der Waals surface area contributed by atoms with Gasteiger partial charge < -0.3 is 15.8 Å². The minimum Gasteiger partial charge on any atom is -0.492 e. The SMILES string of the molecule is CC(C)c1nc(C(=O)Nc2ccc(OCCN)cc2)nn1-c1ccccc1Cl. The van der Waals surface area contributed by atoms with Gasteiger partial charge in [0.25, 0.3) is 5.91 Å². The number of rotatable bonds is 7. The van der Waals surface area contributed by atoms with Gasteiger partial charge in [0, 0.05) is 18.2 Å². The number of carbonyl (C=O) groups excluding carboxylic acids is 1. The van der Waals surface area contributed by atoms with Crippen molar-refractivity contribution >= 4 is 23.2 Å². The molecule has 1 amide bonds. The fourth-order valence-electron chi connectivity index (χ4n) is 2.59. The predicted molar refractivity (Wildman–Crippen MR) is 109 cm³/mol. The highest BCUT2D eigenvalue weighted by atomic mass is 35.5. The Balaban J connectivity index is 1.82. The Morgan fingerprint density at radius 3 is 2.57 bits per heavy atom. The van der Waals surface area contributed by atoms with Crippen molar-refractivity contribution in [3.05, 3.63) is 65.2 Å². The van der Waals surface area contributed by atoms with E-state index in [-0.39, 0.29) is 11.7 Å². The van der Waals surface area contributed by atoms with Gasteiger partial charge in [0.15, 0.2) is 0 Å². The Morgan fingerprint density at radius 2 is 1.93 bits per heavy atom. The third kappa shape index (κ3) is 4.49. The van der Waals surface area contributed by atoms with Gasteiger partial charge in [-0.05, 0) is 36.4 Å². The first kappa shape index (κ1) is 19.9. The highest BCUT2D eigenvalue weighted by Crippen LogP contribution is 2.24. The van der Waals surface area contributed by atoms with E-state index in [0.29, 0.717) is 41.1 Å². The molecule has 28 heavy (non-hydrogen) atoms. The molecule has 1 aromatic heterocycles. The second-order valence-corrected chi connectivity index (χ2v) is 6.83. The van der Waals surface area contributed by atoms with Crippen LogP contribution in [0, 0.1) is 0 Å². The van der Waals surface area contributed by atoms with E-state index in [0.717, 1.165) is 0 Å². The summed E-state index contributed by atoms with van der Waals surface area (Å²) in [5, 5.41) is 7.72. The fraction of sp³-hybridized carbons (Fsp3) is 0.250. The molecule has 3 rings (SSSR count). The van der Waals surface area contributed by atoms with Crippen molar-refractivity contribution in [2.45, 2.75) is 19.8 Å². The van der Waals surface area contributed by atoms with E-state index in [2.05, 4.69) is 15.4 Å². The van der Waals surface area contributed by atoms with E-state index >= 15 is 0 Å². The Hall–Kier alpha value is -2.90. The van der Waals surface area contributed by atoms with Gasteiger partial charge in [0.05, 0.1) is 10.7 Å². The summed E-state index contributed by atoms with van der Waals surface area (Å²) in [6.45, 7) is 4.85. The minimum absolute atomic E-state index is 0.0595. The molecule has 0 fully saturated rings. The number of hydrogen-bond acceptors (Lipinski definition) is 5. The lowest BCUT2D eigenvalue weighted by molar-refractivity contribution is 0.101. The van der Waals surface area contributed by atoms with Gasteiger partial charge in [-0.3, -0.25) is 4.79 Å². The molecule has 0 bridgehead atoms. The first-order valence-electron chi connectivity index (χ1n) is 8.95. The summed E-state index contributed by atoms with van der Waals surface area (Å²) in [6, 6.07) is 14.3. The van der Waals surface area contributed by atoms with Gasteiger partial charge in [-0.25, -0.2) is 9.67 Å². The molecule has 0 aliphatic carbocycles. The maximum atomic E-state index is 12.6. The number of ether oxygens (including phenoxy) is 1. The molecule has 0 aliphatic heterocycles. The molecular weight excluding hydrogens is 378 g/mol. The van der Waals surface area contributed by atoms with Gasteiger partial charge in [-0.15, -0.1) is 5.10 Å². The zero-order valence-corrected chi connectivity index (χ0v) is 16.5. The first-order valence-corrected chi connectivity index (χ1v) is 9.33. The van der Waals surface area contributed by atoms with Crippen LogP contribution in [0.15, 0.2) is 48.5 Å². The second kappa shape index (κ2) is 8.86. The number of anilines is 1. The molecule has 0 atom stereocenters. The summed E-state index contributed by atoms with van der Waals surface area (Å²) in [6.07, 6.45) is 0. The smallest absolute Gasteiger partial charge is 0.295 e. The Bertz CT molecular complexity index is 953. The number of nitrogens with two attached hydrogens (primary N) is 1. The first-order chi connectivity index (χ1) is 13.5. The summed E-state index contributed by atoms with van der Waals surface area (Å²) in [7, 11) is 0. The lowest BCUT2D eigenvalue weighted by Crippen LogP contribution is -2.14. The third-order valence-electron chi connectivity index (χ3n) is 3.93. The number of amides is 1. The maximum absolute atomic E-state index is 12.6. The van der Waals surface area contributed by atoms with E-state index in [9.17, 15) is 4.79 Å². The monoisotopic (exact) mass is 399 g/mol. The summed E-state index contributed by atoms with van der Waals surface area (Å²) in [5.41, 5.74) is 6.71. The number of carbonyl (C=O) groups is 1. The Morgan fingerprint density at radius 1 is 1.21 bits per heavy atom. The lowest BCUT2D eigenvalue weighted by atomic mass is 10.2. The number of nitrogens with zero attached hydrogens (tertiary/aromatic N) is 3. The molecule has 1 heterocycles. The van der Waals surface area contributed by atoms with Crippen LogP contribution in [0.25, 0.3) is 5.69 Å². The molecule has 146 valence electrons.